The van der Waals surface area contributed by atoms with E-state index in [4.69, 9.17) is 16.3 Å². The molecule has 0 saturated heterocycles. The van der Waals surface area contributed by atoms with E-state index in [1.165, 1.54) is 12.1 Å². The first-order valence-electron chi connectivity index (χ1n) is 10.6. The quantitative estimate of drug-likeness (QED) is 0.175. The number of rotatable bonds is 8. The van der Waals surface area contributed by atoms with Gasteiger partial charge >= 0.3 is 0 Å². The molecule has 8 heteroatoms. The first-order chi connectivity index (χ1) is 16.4. The van der Waals surface area contributed by atoms with E-state index in [1.54, 1.807) is 18.3 Å². The Balaban J connectivity index is 1.42. The highest BCUT2D eigenvalue weighted by Crippen LogP contribution is 2.23. The number of nitro groups is 1. The fraction of sp³-hybridized carbons (Fsp3) is 0.115. The van der Waals surface area contributed by atoms with E-state index in [0.717, 1.165) is 34.0 Å². The molecular formula is C26H23ClN4O3. The molecule has 0 aliphatic rings. The molecule has 0 saturated carbocycles. The summed E-state index contributed by atoms with van der Waals surface area (Å²) in [4.78, 5) is 10.3. The van der Waals surface area contributed by atoms with Crippen LogP contribution in [-0.4, -0.2) is 15.7 Å². The van der Waals surface area contributed by atoms with Crippen LogP contribution in [-0.2, 0) is 6.61 Å². The van der Waals surface area contributed by atoms with Crippen molar-refractivity contribution in [3.63, 3.8) is 0 Å². The van der Waals surface area contributed by atoms with Gasteiger partial charge in [0.1, 0.15) is 12.4 Å². The summed E-state index contributed by atoms with van der Waals surface area (Å²) in [5.41, 5.74) is 8.78. The molecule has 34 heavy (non-hydrogen) atoms. The van der Waals surface area contributed by atoms with Crippen molar-refractivity contribution in [2.75, 3.05) is 5.43 Å². The summed E-state index contributed by atoms with van der Waals surface area (Å²) in [6.07, 6.45) is 1.74. The summed E-state index contributed by atoms with van der Waals surface area (Å²) in [6, 6.07) is 23.7. The monoisotopic (exact) mass is 474 g/mol. The predicted octanol–water partition coefficient (Wildman–Crippen LogP) is 6.68. The average molecular weight is 475 g/mol. The number of halogens is 1. The highest BCUT2D eigenvalue weighted by atomic mass is 35.5. The maximum atomic E-state index is 10.8. The number of anilines is 1. The molecule has 172 valence electrons. The summed E-state index contributed by atoms with van der Waals surface area (Å²) >= 11 is 5.93. The lowest BCUT2D eigenvalue weighted by atomic mass is 10.2. The lowest BCUT2D eigenvalue weighted by Gasteiger charge is -2.11. The van der Waals surface area contributed by atoms with Crippen molar-refractivity contribution in [2.45, 2.75) is 20.5 Å². The second kappa shape index (κ2) is 10.2. The summed E-state index contributed by atoms with van der Waals surface area (Å²) in [6.45, 7) is 4.55. The number of nitrogens with one attached hydrogen (secondary N) is 1. The van der Waals surface area contributed by atoms with Crippen molar-refractivity contribution in [3.8, 4) is 11.4 Å². The van der Waals surface area contributed by atoms with Gasteiger partial charge in [-0.05, 0) is 74.0 Å². The number of aromatic nitrogens is 1. The molecule has 0 radical (unpaired) electrons. The molecule has 4 aromatic rings. The van der Waals surface area contributed by atoms with Crippen LogP contribution < -0.4 is 10.2 Å². The second-order valence-electron chi connectivity index (χ2n) is 7.74. The molecule has 0 unspecified atom stereocenters. The van der Waals surface area contributed by atoms with Crippen molar-refractivity contribution in [1.29, 1.82) is 0 Å². The standard InChI is InChI=1S/C26H23ClN4O3/c1-18-15-21(16-28-29-23-7-9-25(10-8-23)31(32)33)19(2)30(18)24-11-13-26(14-12-24)34-17-20-3-5-22(27)6-4-20/h3-16,29H,17H2,1-2H3/b28-16+. The van der Waals surface area contributed by atoms with Gasteiger partial charge in [0.2, 0.25) is 0 Å². The minimum atomic E-state index is -0.430. The van der Waals surface area contributed by atoms with Crippen molar-refractivity contribution in [1.82, 2.24) is 4.57 Å². The van der Waals surface area contributed by atoms with Gasteiger partial charge in [-0.15, -0.1) is 0 Å². The van der Waals surface area contributed by atoms with Gasteiger partial charge in [-0.3, -0.25) is 15.5 Å². The van der Waals surface area contributed by atoms with Crippen LogP contribution in [0.25, 0.3) is 5.69 Å². The van der Waals surface area contributed by atoms with Crippen LogP contribution in [0.5, 0.6) is 5.75 Å². The van der Waals surface area contributed by atoms with Gasteiger partial charge in [-0.25, -0.2) is 0 Å². The maximum absolute atomic E-state index is 10.8. The minimum Gasteiger partial charge on any atom is -0.489 e. The Morgan fingerprint density at radius 1 is 1.03 bits per heavy atom. The Kier molecular flexibility index (Phi) is 6.94. The SMILES string of the molecule is Cc1cc(/C=N/Nc2ccc([N+](=O)[O-])cc2)c(C)n1-c1ccc(OCc2ccc(Cl)cc2)cc1. The van der Waals surface area contributed by atoms with Crippen molar-refractivity contribution < 1.29 is 9.66 Å². The molecule has 0 aliphatic carbocycles. The first-order valence-corrected chi connectivity index (χ1v) is 11.0. The molecule has 0 atom stereocenters. The second-order valence-corrected chi connectivity index (χ2v) is 8.18. The van der Waals surface area contributed by atoms with Crippen LogP contribution in [0.1, 0.15) is 22.5 Å². The topological polar surface area (TPSA) is 81.7 Å². The molecule has 0 amide bonds. The van der Waals surface area contributed by atoms with E-state index in [-0.39, 0.29) is 5.69 Å². The third-order valence-electron chi connectivity index (χ3n) is 5.36. The van der Waals surface area contributed by atoms with Gasteiger partial charge in [0, 0.05) is 39.8 Å². The lowest BCUT2D eigenvalue weighted by molar-refractivity contribution is -0.384. The number of ether oxygens (including phenoxy) is 1. The number of hydrazone groups is 1. The van der Waals surface area contributed by atoms with Crippen molar-refractivity contribution in [3.05, 3.63) is 117 Å². The molecule has 0 bridgehead atoms. The number of benzene rings is 3. The number of hydrogen-bond acceptors (Lipinski definition) is 5. The zero-order chi connectivity index (χ0) is 24.1. The highest BCUT2D eigenvalue weighted by molar-refractivity contribution is 6.30. The number of nitrogens with zero attached hydrogens (tertiary/aromatic N) is 3. The van der Waals surface area contributed by atoms with Gasteiger partial charge in [0.05, 0.1) is 16.8 Å². The van der Waals surface area contributed by atoms with Gasteiger partial charge in [-0.1, -0.05) is 23.7 Å². The number of hydrogen-bond donors (Lipinski definition) is 1. The largest absolute Gasteiger partial charge is 0.489 e. The number of non-ortho nitro benzene ring substituents is 1. The fourth-order valence-corrected chi connectivity index (χ4v) is 3.71. The molecule has 1 heterocycles. The smallest absolute Gasteiger partial charge is 0.269 e. The normalized spacial score (nSPS) is 11.0. The minimum absolute atomic E-state index is 0.0412. The van der Waals surface area contributed by atoms with Crippen molar-refractivity contribution in [2.24, 2.45) is 5.10 Å². The summed E-state index contributed by atoms with van der Waals surface area (Å²) in [5, 5.41) is 15.7. The lowest BCUT2D eigenvalue weighted by Crippen LogP contribution is -2.00. The zero-order valence-corrected chi connectivity index (χ0v) is 19.5. The zero-order valence-electron chi connectivity index (χ0n) is 18.7. The van der Waals surface area contributed by atoms with E-state index in [2.05, 4.69) is 21.2 Å². The third kappa shape index (κ3) is 5.44. The molecule has 1 aromatic heterocycles. The van der Waals surface area contributed by atoms with Crippen LogP contribution in [0.4, 0.5) is 11.4 Å². The van der Waals surface area contributed by atoms with E-state index in [9.17, 15) is 10.1 Å². The summed E-state index contributed by atoms with van der Waals surface area (Å²) in [7, 11) is 0. The fourth-order valence-electron chi connectivity index (χ4n) is 3.59. The molecule has 7 nitrogen and oxygen atoms in total. The van der Waals surface area contributed by atoms with E-state index in [0.29, 0.717) is 17.3 Å². The molecule has 4 rings (SSSR count). The van der Waals surface area contributed by atoms with Gasteiger partial charge in [0.25, 0.3) is 5.69 Å². The number of nitro benzene ring substituents is 1. The molecule has 0 aliphatic heterocycles. The first kappa shape index (κ1) is 23.1. The summed E-state index contributed by atoms with van der Waals surface area (Å²) < 4.78 is 8.03. The third-order valence-corrected chi connectivity index (χ3v) is 5.61. The summed E-state index contributed by atoms with van der Waals surface area (Å²) in [5.74, 6) is 0.787. The molecular weight excluding hydrogens is 452 g/mol. The predicted molar refractivity (Wildman–Crippen MR) is 135 cm³/mol. The molecule has 0 spiro atoms. The van der Waals surface area contributed by atoms with E-state index >= 15 is 0 Å². The van der Waals surface area contributed by atoms with Gasteiger partial charge in [-0.2, -0.15) is 5.10 Å². The van der Waals surface area contributed by atoms with Crippen LogP contribution in [0.15, 0.2) is 84.0 Å². The highest BCUT2D eigenvalue weighted by Gasteiger charge is 2.10. The Morgan fingerprint density at radius 3 is 2.35 bits per heavy atom. The van der Waals surface area contributed by atoms with Crippen molar-refractivity contribution >= 4 is 29.2 Å². The van der Waals surface area contributed by atoms with Gasteiger partial charge < -0.3 is 9.30 Å². The molecule has 1 N–H and O–H groups in total. The van der Waals surface area contributed by atoms with Crippen LogP contribution in [0.3, 0.4) is 0 Å². The van der Waals surface area contributed by atoms with E-state index < -0.39 is 4.92 Å². The Hall–Kier alpha value is -4.10. The van der Waals surface area contributed by atoms with Crippen LogP contribution >= 0.6 is 11.6 Å². The number of aryl methyl sites for hydroxylation is 1. The molecule has 0 fully saturated rings. The van der Waals surface area contributed by atoms with Crippen LogP contribution in [0, 0.1) is 24.0 Å². The average Bonchev–Trinajstić information content (AvgIpc) is 3.12. The molecule has 3 aromatic carbocycles. The maximum Gasteiger partial charge on any atom is 0.269 e. The Bertz CT molecular complexity index is 1310. The Morgan fingerprint density at radius 2 is 1.71 bits per heavy atom. The van der Waals surface area contributed by atoms with E-state index in [1.807, 2.05) is 62.4 Å². The van der Waals surface area contributed by atoms with Gasteiger partial charge in [0.15, 0.2) is 0 Å². The Labute approximate surface area is 202 Å². The van der Waals surface area contributed by atoms with Crippen LogP contribution in [0.2, 0.25) is 5.02 Å².